The van der Waals surface area contributed by atoms with Gasteiger partial charge in [0.25, 0.3) is 0 Å². The Morgan fingerprint density at radius 2 is 2.32 bits per heavy atom. The number of rotatable bonds is 4. The predicted molar refractivity (Wildman–Crippen MR) is 73.0 cm³/mol. The molecule has 1 unspecified atom stereocenters. The summed E-state index contributed by atoms with van der Waals surface area (Å²) in [4.78, 5) is 13.4. The number of aryl methyl sites for hydroxylation is 2. The molecule has 0 aliphatic carbocycles. The Hall–Kier alpha value is -0.760. The van der Waals surface area contributed by atoms with Crippen LogP contribution in [-0.2, 0) is 11.8 Å². The van der Waals surface area contributed by atoms with Gasteiger partial charge in [0.15, 0.2) is 0 Å². The number of β-amino-alcohol motifs (C(OH)–C–C–N with tert-alkyl or cyclic N) is 1. The fourth-order valence-corrected chi connectivity index (χ4v) is 3.74. The Balaban J connectivity index is 2.29. The first-order chi connectivity index (χ1) is 8.95. The highest BCUT2D eigenvalue weighted by Crippen LogP contribution is 2.42. The Morgan fingerprint density at radius 1 is 1.63 bits per heavy atom. The molecule has 1 aliphatic heterocycles. The van der Waals surface area contributed by atoms with Gasteiger partial charge in [-0.15, -0.1) is 11.8 Å². The lowest BCUT2D eigenvalue weighted by Crippen LogP contribution is -2.37. The van der Waals surface area contributed by atoms with Crippen molar-refractivity contribution in [2.45, 2.75) is 18.4 Å². The van der Waals surface area contributed by atoms with E-state index in [1.165, 1.54) is 11.8 Å². The molecule has 1 aromatic heterocycles. The van der Waals surface area contributed by atoms with Crippen LogP contribution in [0.5, 0.6) is 0 Å². The van der Waals surface area contributed by atoms with Crippen LogP contribution in [0.1, 0.15) is 16.6 Å². The van der Waals surface area contributed by atoms with Crippen LogP contribution in [0.15, 0.2) is 0 Å². The fraction of sp³-hybridized carbons (Fsp3) is 0.636. The average molecular weight is 306 g/mol. The normalized spacial score (nSPS) is 21.2. The first kappa shape index (κ1) is 14.6. The van der Waals surface area contributed by atoms with E-state index in [0.717, 1.165) is 11.3 Å². The maximum absolute atomic E-state index is 11.9. The first-order valence-corrected chi connectivity index (χ1v) is 7.27. The van der Waals surface area contributed by atoms with E-state index in [1.54, 1.807) is 16.6 Å². The van der Waals surface area contributed by atoms with Crippen LogP contribution in [0.4, 0.5) is 0 Å². The zero-order valence-corrected chi connectivity index (χ0v) is 12.3. The van der Waals surface area contributed by atoms with E-state index in [9.17, 15) is 9.90 Å². The molecule has 2 heterocycles. The highest BCUT2D eigenvalue weighted by Gasteiger charge is 2.37. The number of carbonyl (C=O) groups is 1. The Labute approximate surface area is 120 Å². The van der Waals surface area contributed by atoms with Crippen molar-refractivity contribution in [2.75, 3.05) is 18.9 Å². The average Bonchev–Trinajstić information content (AvgIpc) is 2.82. The molecule has 1 saturated heterocycles. The predicted octanol–water partition coefficient (Wildman–Crippen LogP) is 0.309. The van der Waals surface area contributed by atoms with Crippen molar-refractivity contribution < 1.29 is 15.0 Å². The van der Waals surface area contributed by atoms with Crippen molar-refractivity contribution in [3.63, 3.8) is 0 Å². The van der Waals surface area contributed by atoms with Gasteiger partial charge < -0.3 is 15.1 Å². The van der Waals surface area contributed by atoms with Gasteiger partial charge >= 0.3 is 0 Å². The maximum atomic E-state index is 11.9. The molecular weight excluding hydrogens is 290 g/mol. The number of aliphatic hydroxyl groups excluding tert-OH is 2. The second kappa shape index (κ2) is 5.70. The SMILES string of the molecule is Cc1nn(C)c(Cl)c1C1SCC(=O)N1C[C@H](O)CO. The van der Waals surface area contributed by atoms with E-state index in [0.29, 0.717) is 10.9 Å². The van der Waals surface area contributed by atoms with Gasteiger partial charge in [-0.3, -0.25) is 9.48 Å². The summed E-state index contributed by atoms with van der Waals surface area (Å²) in [6, 6.07) is 0. The highest BCUT2D eigenvalue weighted by atomic mass is 35.5. The third-order valence-electron chi connectivity index (χ3n) is 3.03. The van der Waals surface area contributed by atoms with Crippen molar-refractivity contribution in [3.05, 3.63) is 16.4 Å². The van der Waals surface area contributed by atoms with Crippen molar-refractivity contribution in [1.29, 1.82) is 0 Å². The zero-order chi connectivity index (χ0) is 14.2. The third kappa shape index (κ3) is 2.74. The van der Waals surface area contributed by atoms with Gasteiger partial charge in [0.1, 0.15) is 10.5 Å². The summed E-state index contributed by atoms with van der Waals surface area (Å²) in [7, 11) is 1.74. The molecule has 2 atom stereocenters. The summed E-state index contributed by atoms with van der Waals surface area (Å²) in [5.74, 6) is 0.273. The van der Waals surface area contributed by atoms with Crippen molar-refractivity contribution in [2.24, 2.45) is 7.05 Å². The molecule has 8 heteroatoms. The molecule has 1 aliphatic rings. The molecule has 0 spiro atoms. The van der Waals surface area contributed by atoms with Crippen LogP contribution in [0.3, 0.4) is 0 Å². The first-order valence-electron chi connectivity index (χ1n) is 5.84. The fourth-order valence-electron chi connectivity index (χ4n) is 2.10. The molecule has 0 bridgehead atoms. The summed E-state index contributed by atoms with van der Waals surface area (Å²) in [5.41, 5.74) is 1.56. The van der Waals surface area contributed by atoms with E-state index in [1.807, 2.05) is 6.92 Å². The van der Waals surface area contributed by atoms with E-state index in [4.69, 9.17) is 16.7 Å². The van der Waals surface area contributed by atoms with E-state index in [-0.39, 0.29) is 24.4 Å². The molecule has 1 amide bonds. The van der Waals surface area contributed by atoms with Crippen LogP contribution >= 0.6 is 23.4 Å². The van der Waals surface area contributed by atoms with Gasteiger partial charge in [0, 0.05) is 12.6 Å². The molecule has 19 heavy (non-hydrogen) atoms. The number of nitrogens with zero attached hydrogens (tertiary/aromatic N) is 3. The van der Waals surface area contributed by atoms with Gasteiger partial charge in [-0.25, -0.2) is 0 Å². The monoisotopic (exact) mass is 305 g/mol. The van der Waals surface area contributed by atoms with Gasteiger partial charge in [0.2, 0.25) is 5.91 Å². The number of thioether (sulfide) groups is 1. The number of halogens is 1. The van der Waals surface area contributed by atoms with E-state index >= 15 is 0 Å². The zero-order valence-electron chi connectivity index (χ0n) is 10.7. The third-order valence-corrected chi connectivity index (χ3v) is 4.70. The van der Waals surface area contributed by atoms with Crippen LogP contribution in [-0.4, -0.2) is 55.8 Å². The molecule has 6 nitrogen and oxygen atoms in total. The second-order valence-electron chi connectivity index (χ2n) is 4.46. The van der Waals surface area contributed by atoms with Gasteiger partial charge in [-0.05, 0) is 6.92 Å². The lowest BCUT2D eigenvalue weighted by Gasteiger charge is -2.25. The largest absolute Gasteiger partial charge is 0.394 e. The standard InChI is InChI=1S/C11H16ClN3O3S/c1-6-9(10(12)14(2)13-6)11-15(3-7(17)4-16)8(18)5-19-11/h7,11,16-17H,3-5H2,1-2H3/t7-,11?/m0/s1. The summed E-state index contributed by atoms with van der Waals surface area (Å²) < 4.78 is 1.57. The highest BCUT2D eigenvalue weighted by molar-refractivity contribution is 8.00. The Kier molecular flexibility index (Phi) is 4.39. The number of carbonyl (C=O) groups excluding carboxylic acids is 1. The lowest BCUT2D eigenvalue weighted by atomic mass is 10.2. The minimum atomic E-state index is -0.944. The Morgan fingerprint density at radius 3 is 2.84 bits per heavy atom. The van der Waals surface area contributed by atoms with Crippen LogP contribution in [0.2, 0.25) is 5.15 Å². The van der Waals surface area contributed by atoms with Crippen LogP contribution in [0.25, 0.3) is 0 Å². The lowest BCUT2D eigenvalue weighted by molar-refractivity contribution is -0.129. The van der Waals surface area contributed by atoms with Crippen molar-refractivity contribution >= 4 is 29.3 Å². The maximum Gasteiger partial charge on any atom is 0.233 e. The van der Waals surface area contributed by atoms with Gasteiger partial charge in [0.05, 0.1) is 30.7 Å². The van der Waals surface area contributed by atoms with E-state index < -0.39 is 6.10 Å². The summed E-state index contributed by atoms with van der Waals surface area (Å²) in [6.07, 6.45) is -0.944. The van der Waals surface area contributed by atoms with Crippen molar-refractivity contribution in [3.8, 4) is 0 Å². The molecule has 106 valence electrons. The van der Waals surface area contributed by atoms with Crippen LogP contribution in [0, 0.1) is 6.92 Å². The summed E-state index contributed by atoms with van der Waals surface area (Å²) >= 11 is 7.67. The summed E-state index contributed by atoms with van der Waals surface area (Å²) in [6.45, 7) is 1.56. The molecule has 2 N–H and O–H groups in total. The van der Waals surface area contributed by atoms with Gasteiger partial charge in [-0.1, -0.05) is 11.6 Å². The molecule has 0 saturated carbocycles. The number of hydrogen-bond donors (Lipinski definition) is 2. The van der Waals surface area contributed by atoms with E-state index in [2.05, 4.69) is 5.10 Å². The Bertz CT molecular complexity index is 494. The molecule has 0 radical (unpaired) electrons. The van der Waals surface area contributed by atoms with Crippen LogP contribution < -0.4 is 0 Å². The molecule has 1 fully saturated rings. The molecule has 0 aromatic carbocycles. The minimum Gasteiger partial charge on any atom is -0.394 e. The minimum absolute atomic E-state index is 0.0678. The van der Waals surface area contributed by atoms with Gasteiger partial charge in [-0.2, -0.15) is 5.10 Å². The van der Waals surface area contributed by atoms with Crippen molar-refractivity contribution in [1.82, 2.24) is 14.7 Å². The molecule has 2 rings (SSSR count). The smallest absolute Gasteiger partial charge is 0.233 e. The number of aliphatic hydroxyl groups is 2. The topological polar surface area (TPSA) is 78.6 Å². The molecule has 1 aromatic rings. The number of hydrogen-bond acceptors (Lipinski definition) is 5. The number of aromatic nitrogens is 2. The number of amides is 1. The summed E-state index contributed by atoms with van der Waals surface area (Å²) in [5, 5.41) is 22.9. The quantitative estimate of drug-likeness (QED) is 0.837. The molecular formula is C11H16ClN3O3S. The second-order valence-corrected chi connectivity index (χ2v) is 5.89.